The molecule has 3 heterocycles. The molecule has 2 aromatic rings. The van der Waals surface area contributed by atoms with Crippen molar-refractivity contribution in [2.24, 2.45) is 5.10 Å². The number of ether oxygens (including phenoxy) is 1. The predicted octanol–water partition coefficient (Wildman–Crippen LogP) is 1.83. The number of amides is 1. The molecule has 0 bridgehead atoms. The van der Waals surface area contributed by atoms with Crippen molar-refractivity contribution in [3.63, 3.8) is 0 Å². The standard InChI is InChI=1S/C16H12F3N6O4P/c1-2-29-15(30(27)28)13-23-22-12-14(26)21-9-5-8(16(17,18)19)10(6-11(9)25(12)13)24-4-3-20-7-24/h3-7,23H,2H2,1H3,(H,21,26). The number of nitrogens with zero attached hydrogens (tertiary/aromatic N) is 4. The van der Waals surface area contributed by atoms with E-state index in [0.29, 0.717) is 0 Å². The average molecular weight is 440 g/mol. The summed E-state index contributed by atoms with van der Waals surface area (Å²) in [5, 5.41) is 6.15. The van der Waals surface area contributed by atoms with Gasteiger partial charge in [-0.15, -0.1) is 5.10 Å². The molecule has 1 aromatic carbocycles. The van der Waals surface area contributed by atoms with Gasteiger partial charge in [0.05, 0.1) is 35.6 Å². The normalized spacial score (nSPS) is 17.5. The Morgan fingerprint density at radius 3 is 2.70 bits per heavy atom. The summed E-state index contributed by atoms with van der Waals surface area (Å²) >= 11 is 0. The summed E-state index contributed by atoms with van der Waals surface area (Å²) in [5.41, 5.74) is 0.520. The van der Waals surface area contributed by atoms with Gasteiger partial charge in [-0.1, -0.05) is 4.57 Å². The second-order valence-corrected chi connectivity index (χ2v) is 6.96. The van der Waals surface area contributed by atoms with Gasteiger partial charge in [0, 0.05) is 12.4 Å². The van der Waals surface area contributed by atoms with Crippen LogP contribution in [0.4, 0.5) is 24.5 Å². The molecular formula is C16H12F3N6O4P. The molecule has 30 heavy (non-hydrogen) atoms. The van der Waals surface area contributed by atoms with E-state index in [4.69, 9.17) is 4.74 Å². The Bertz CT molecular complexity index is 1110. The SMILES string of the molecule is CCOC(=C1NN=C2C(=O)Nc3cc(C(F)(F)F)c(-n4ccnc4)cc3N21)[P+](=O)[O-]. The van der Waals surface area contributed by atoms with E-state index >= 15 is 0 Å². The van der Waals surface area contributed by atoms with Crippen LogP contribution in [-0.2, 0) is 20.3 Å². The van der Waals surface area contributed by atoms with Crippen LogP contribution in [0.5, 0.6) is 0 Å². The fraction of sp³-hybridized carbons (Fsp3) is 0.188. The fourth-order valence-corrected chi connectivity index (χ4v) is 3.63. The summed E-state index contributed by atoms with van der Waals surface area (Å²) in [5.74, 6) is -1.26. The van der Waals surface area contributed by atoms with Gasteiger partial charge in [-0.25, -0.2) is 4.98 Å². The zero-order valence-electron chi connectivity index (χ0n) is 15.1. The number of hydrazone groups is 1. The van der Waals surface area contributed by atoms with E-state index in [-0.39, 0.29) is 35.3 Å². The molecule has 1 aromatic heterocycles. The first-order chi connectivity index (χ1) is 14.2. The second-order valence-electron chi connectivity index (χ2n) is 6.03. The number of amidine groups is 1. The van der Waals surface area contributed by atoms with E-state index in [2.05, 4.69) is 20.8 Å². The summed E-state index contributed by atoms with van der Waals surface area (Å²) in [6, 6.07) is 1.93. The topological polar surface area (TPSA) is 124 Å². The van der Waals surface area contributed by atoms with Gasteiger partial charge in [-0.2, -0.15) is 13.2 Å². The number of carbonyl (C=O) groups is 1. The van der Waals surface area contributed by atoms with Gasteiger partial charge >= 0.3 is 19.7 Å². The molecule has 14 heteroatoms. The molecule has 4 rings (SSSR count). The molecule has 1 amide bonds. The summed E-state index contributed by atoms with van der Waals surface area (Å²) in [7, 11) is -3.23. The zero-order valence-corrected chi connectivity index (χ0v) is 16.0. The van der Waals surface area contributed by atoms with Crippen LogP contribution in [0.1, 0.15) is 12.5 Å². The van der Waals surface area contributed by atoms with Gasteiger partial charge in [-0.05, 0) is 19.1 Å². The van der Waals surface area contributed by atoms with Crippen LogP contribution >= 0.6 is 8.03 Å². The third-order valence-electron chi connectivity index (χ3n) is 4.25. The Morgan fingerprint density at radius 2 is 2.10 bits per heavy atom. The number of nitrogens with one attached hydrogen (secondary N) is 2. The number of aromatic nitrogens is 2. The molecule has 156 valence electrons. The van der Waals surface area contributed by atoms with Crippen molar-refractivity contribution in [1.82, 2.24) is 15.0 Å². The van der Waals surface area contributed by atoms with Crippen molar-refractivity contribution in [1.29, 1.82) is 0 Å². The number of hydrogen-bond donors (Lipinski definition) is 2. The van der Waals surface area contributed by atoms with E-state index in [1.54, 1.807) is 6.92 Å². The molecule has 2 N–H and O–H groups in total. The first-order valence-corrected chi connectivity index (χ1v) is 9.60. The van der Waals surface area contributed by atoms with Gasteiger partial charge in [0.15, 0.2) is 0 Å². The average Bonchev–Trinajstić information content (AvgIpc) is 3.35. The monoisotopic (exact) mass is 440 g/mol. The highest BCUT2D eigenvalue weighted by Crippen LogP contribution is 2.44. The van der Waals surface area contributed by atoms with Gasteiger partial charge in [0.2, 0.25) is 11.7 Å². The quantitative estimate of drug-likeness (QED) is 0.549. The summed E-state index contributed by atoms with van der Waals surface area (Å²) in [6.45, 7) is 1.55. The minimum absolute atomic E-state index is 0.000643. The van der Waals surface area contributed by atoms with E-state index in [0.717, 1.165) is 21.6 Å². The Morgan fingerprint density at radius 1 is 1.33 bits per heavy atom. The van der Waals surface area contributed by atoms with E-state index in [9.17, 15) is 27.4 Å². The minimum Gasteiger partial charge on any atom is -0.588 e. The first kappa shape index (κ1) is 19.9. The third-order valence-corrected chi connectivity index (χ3v) is 4.92. The Hall–Kier alpha value is -3.44. The molecule has 0 radical (unpaired) electrons. The van der Waals surface area contributed by atoms with Crippen molar-refractivity contribution < 1.29 is 32.2 Å². The highest BCUT2D eigenvalue weighted by molar-refractivity contribution is 7.41. The molecule has 0 fully saturated rings. The van der Waals surface area contributed by atoms with Crippen molar-refractivity contribution in [3.05, 3.63) is 47.7 Å². The van der Waals surface area contributed by atoms with Crippen molar-refractivity contribution in [3.8, 4) is 5.69 Å². The minimum atomic E-state index is -4.73. The molecule has 0 saturated heterocycles. The summed E-state index contributed by atoms with van der Waals surface area (Å²) in [4.78, 5) is 28.9. The molecule has 2 aliphatic rings. The lowest BCUT2D eigenvalue weighted by Crippen LogP contribution is -2.42. The summed E-state index contributed by atoms with van der Waals surface area (Å²) in [6.07, 6.45) is -0.907. The second kappa shape index (κ2) is 7.11. The number of anilines is 2. The lowest BCUT2D eigenvalue weighted by molar-refractivity contribution is -0.165. The van der Waals surface area contributed by atoms with Crippen molar-refractivity contribution >= 4 is 31.1 Å². The number of alkyl halides is 3. The molecule has 0 spiro atoms. The molecule has 10 nitrogen and oxygen atoms in total. The van der Waals surface area contributed by atoms with Crippen LogP contribution in [0.25, 0.3) is 5.69 Å². The number of benzene rings is 1. The van der Waals surface area contributed by atoms with Crippen molar-refractivity contribution in [2.45, 2.75) is 13.1 Å². The Labute approximate surface area is 167 Å². The van der Waals surface area contributed by atoms with Crippen LogP contribution in [0.3, 0.4) is 0 Å². The number of fused-ring (bicyclic) bond motifs is 3. The maximum Gasteiger partial charge on any atom is 0.418 e. The maximum absolute atomic E-state index is 13.7. The zero-order chi connectivity index (χ0) is 21.6. The fourth-order valence-electron chi connectivity index (χ4n) is 3.07. The number of rotatable bonds is 4. The molecule has 1 unspecified atom stereocenters. The van der Waals surface area contributed by atoms with E-state index < -0.39 is 31.2 Å². The smallest absolute Gasteiger partial charge is 0.418 e. The van der Waals surface area contributed by atoms with Crippen LogP contribution in [0.15, 0.2) is 47.3 Å². The van der Waals surface area contributed by atoms with Crippen LogP contribution in [0.2, 0.25) is 0 Å². The van der Waals surface area contributed by atoms with Crippen LogP contribution in [-0.4, -0.2) is 27.9 Å². The largest absolute Gasteiger partial charge is 0.588 e. The number of hydrogen-bond acceptors (Lipinski definition) is 8. The maximum atomic E-state index is 13.7. The molecule has 0 saturated carbocycles. The van der Waals surface area contributed by atoms with Crippen LogP contribution < -0.4 is 20.5 Å². The molecular weight excluding hydrogens is 428 g/mol. The highest BCUT2D eigenvalue weighted by atomic mass is 31.1. The molecule has 0 aliphatic carbocycles. The van der Waals surface area contributed by atoms with Gasteiger partial charge < -0.3 is 19.5 Å². The number of imidazole rings is 1. The van der Waals surface area contributed by atoms with Crippen LogP contribution in [0, 0.1) is 0 Å². The van der Waals surface area contributed by atoms with Gasteiger partial charge in [0.1, 0.15) is 0 Å². The molecule has 2 aliphatic heterocycles. The van der Waals surface area contributed by atoms with Gasteiger partial charge in [0.25, 0.3) is 5.91 Å². The number of halogens is 3. The Balaban J connectivity index is 1.97. The lowest BCUT2D eigenvalue weighted by atomic mass is 10.1. The third kappa shape index (κ3) is 3.17. The number of carbonyl (C=O) groups excluding carboxylic acids is 1. The van der Waals surface area contributed by atoms with E-state index in [1.807, 2.05) is 0 Å². The van der Waals surface area contributed by atoms with Crippen molar-refractivity contribution in [2.75, 3.05) is 16.8 Å². The van der Waals surface area contributed by atoms with Gasteiger partial charge in [-0.3, -0.25) is 15.1 Å². The highest BCUT2D eigenvalue weighted by Gasteiger charge is 2.43. The predicted molar refractivity (Wildman–Crippen MR) is 96.5 cm³/mol. The first-order valence-electron chi connectivity index (χ1n) is 8.42. The van der Waals surface area contributed by atoms with E-state index in [1.165, 1.54) is 18.7 Å². The lowest BCUT2D eigenvalue weighted by Gasteiger charge is -2.29. The Kier molecular flexibility index (Phi) is 4.71. The summed E-state index contributed by atoms with van der Waals surface area (Å²) < 4.78 is 59.0. The molecule has 1 atom stereocenters.